The minimum absolute atomic E-state index is 0. The third kappa shape index (κ3) is 4.41. The van der Waals surface area contributed by atoms with Crippen LogP contribution in [-0.2, 0) is 27.3 Å². The van der Waals surface area contributed by atoms with Crippen LogP contribution in [0.3, 0.4) is 0 Å². The molecule has 0 heterocycles. The molecule has 25 heavy (non-hydrogen) atoms. The summed E-state index contributed by atoms with van der Waals surface area (Å²) in [5, 5.41) is 13.1. The van der Waals surface area contributed by atoms with Gasteiger partial charge in [-0.3, -0.25) is 0 Å². The number of hydrogen-bond donors (Lipinski definition) is 1. The van der Waals surface area contributed by atoms with E-state index in [0.29, 0.717) is 0 Å². The van der Waals surface area contributed by atoms with Crippen molar-refractivity contribution in [2.75, 3.05) is 0 Å². The summed E-state index contributed by atoms with van der Waals surface area (Å²) in [4.78, 5) is 0. The third-order valence-electron chi connectivity index (χ3n) is 4.96. The molecule has 0 spiro atoms. The first-order chi connectivity index (χ1) is 10.3. The van der Waals surface area contributed by atoms with Gasteiger partial charge in [-0.1, -0.05) is 42.0 Å². The van der Waals surface area contributed by atoms with Gasteiger partial charge in [-0.05, 0) is 79.7 Å². The van der Waals surface area contributed by atoms with E-state index in [0.717, 1.165) is 17.4 Å². The molecule has 1 N–H and O–H groups in total. The summed E-state index contributed by atoms with van der Waals surface area (Å²) < 4.78 is 0. The van der Waals surface area contributed by atoms with E-state index in [1.54, 1.807) is 0 Å². The minimum atomic E-state index is -0.867. The molecular formula is C21H24Cl2OTi. The number of benzene rings is 2. The quantitative estimate of drug-likeness (QED) is 0.667. The van der Waals surface area contributed by atoms with E-state index < -0.39 is 5.60 Å². The number of hydrogen-bond acceptors (Lipinski definition) is 1. The van der Waals surface area contributed by atoms with Gasteiger partial charge >= 0.3 is 21.7 Å². The average molecular weight is 411 g/mol. The summed E-state index contributed by atoms with van der Waals surface area (Å²) in [6.45, 7) is 10.4. The zero-order chi connectivity index (χ0) is 16.1. The van der Waals surface area contributed by atoms with Gasteiger partial charge in [0.05, 0.1) is 5.60 Å². The molecule has 1 aliphatic carbocycles. The van der Waals surface area contributed by atoms with Crippen molar-refractivity contribution < 1.29 is 51.6 Å². The Bertz CT molecular complexity index is 829. The molecule has 3 rings (SSSR count). The molecule has 132 valence electrons. The fourth-order valence-corrected chi connectivity index (χ4v) is 3.56. The van der Waals surface area contributed by atoms with Gasteiger partial charge in [0.25, 0.3) is 0 Å². The van der Waals surface area contributed by atoms with E-state index in [2.05, 4.69) is 45.0 Å². The number of allylic oxidation sites excluding steroid dienone is 4. The van der Waals surface area contributed by atoms with Crippen molar-refractivity contribution in [3.05, 3.63) is 64.2 Å². The first kappa shape index (κ1) is 24.4. The molecule has 0 aliphatic heterocycles. The predicted octanol–water partition coefficient (Wildman–Crippen LogP) is -0.414. The molecule has 0 bridgehead atoms. The van der Waals surface area contributed by atoms with Gasteiger partial charge in [0, 0.05) is 0 Å². The number of fused-ring (bicyclic) bond motifs is 1. The molecule has 0 unspecified atom stereocenters. The molecular weight excluding hydrogens is 387 g/mol. The smallest absolute Gasteiger partial charge is 1.00 e. The summed E-state index contributed by atoms with van der Waals surface area (Å²) in [7, 11) is 0. The van der Waals surface area contributed by atoms with Crippen LogP contribution in [0.4, 0.5) is 0 Å². The van der Waals surface area contributed by atoms with Gasteiger partial charge in [-0.25, -0.2) is 0 Å². The first-order valence-corrected chi connectivity index (χ1v) is 7.92. The maximum absolute atomic E-state index is 10.8. The molecule has 0 amide bonds. The van der Waals surface area contributed by atoms with Gasteiger partial charge in [-0.2, -0.15) is 0 Å². The molecule has 2 aromatic carbocycles. The molecule has 0 saturated heterocycles. The van der Waals surface area contributed by atoms with E-state index in [1.165, 1.54) is 33.2 Å². The van der Waals surface area contributed by atoms with Crippen molar-refractivity contribution >= 4 is 16.3 Å². The van der Waals surface area contributed by atoms with Crippen molar-refractivity contribution in [2.24, 2.45) is 0 Å². The van der Waals surface area contributed by atoms with Gasteiger partial charge in [0.15, 0.2) is 0 Å². The standard InChI is InChI=1S/C21H24O.2ClH.Ti/c1-13-12-19(15(3)14(13)2)18-11-10-16-8-6-7-9-17(16)20(18)21(4,5)22;;;/h6-11,22H,12H2,1-5H3;2*1H;/q;;;+2/p-2. The maximum atomic E-state index is 10.8. The van der Waals surface area contributed by atoms with Crippen molar-refractivity contribution in [3.63, 3.8) is 0 Å². The summed E-state index contributed by atoms with van der Waals surface area (Å²) in [5.41, 5.74) is 6.92. The zero-order valence-corrected chi connectivity index (χ0v) is 18.4. The van der Waals surface area contributed by atoms with Crippen LogP contribution < -0.4 is 24.8 Å². The molecule has 2 aromatic rings. The van der Waals surface area contributed by atoms with E-state index >= 15 is 0 Å². The number of aliphatic hydroxyl groups is 1. The molecule has 0 saturated carbocycles. The van der Waals surface area contributed by atoms with Crippen LogP contribution in [0.15, 0.2) is 53.1 Å². The van der Waals surface area contributed by atoms with Crippen LogP contribution in [-0.4, -0.2) is 5.11 Å². The second-order valence-corrected chi connectivity index (χ2v) is 6.95. The van der Waals surface area contributed by atoms with Crippen molar-refractivity contribution in [2.45, 2.75) is 46.6 Å². The Labute approximate surface area is 178 Å². The normalized spacial score (nSPS) is 14.2. The van der Waals surface area contributed by atoms with E-state index in [4.69, 9.17) is 0 Å². The molecule has 0 aromatic heterocycles. The molecule has 0 fully saturated rings. The molecule has 1 aliphatic rings. The topological polar surface area (TPSA) is 20.2 Å². The Hall–Kier alpha value is -0.566. The van der Waals surface area contributed by atoms with Crippen LogP contribution in [0.1, 0.15) is 52.2 Å². The molecule has 0 atom stereocenters. The van der Waals surface area contributed by atoms with E-state index in [-0.39, 0.29) is 46.5 Å². The van der Waals surface area contributed by atoms with Gasteiger partial charge in [0.1, 0.15) is 0 Å². The fraction of sp³-hybridized carbons (Fsp3) is 0.333. The monoisotopic (exact) mass is 410 g/mol. The SMILES string of the molecule is CC1=C(C)C(C)=C(c2ccc3ccccc3c2C(C)(C)O)C1.[Cl-].[Cl-].[Ti+2]. The van der Waals surface area contributed by atoms with Crippen LogP contribution >= 0.6 is 0 Å². The Morgan fingerprint density at radius 3 is 2.00 bits per heavy atom. The Morgan fingerprint density at radius 2 is 1.48 bits per heavy atom. The summed E-state index contributed by atoms with van der Waals surface area (Å²) in [6, 6.07) is 12.7. The predicted molar refractivity (Wildman–Crippen MR) is 94.8 cm³/mol. The minimum Gasteiger partial charge on any atom is -1.00 e. The molecule has 0 radical (unpaired) electrons. The van der Waals surface area contributed by atoms with E-state index in [9.17, 15) is 5.11 Å². The van der Waals surface area contributed by atoms with Crippen LogP contribution in [0, 0.1) is 0 Å². The van der Waals surface area contributed by atoms with E-state index in [1.807, 2.05) is 26.0 Å². The third-order valence-corrected chi connectivity index (χ3v) is 4.96. The molecule has 4 heteroatoms. The Kier molecular flexibility index (Phi) is 8.68. The maximum Gasteiger partial charge on any atom is 2.00 e. The Morgan fingerprint density at radius 1 is 0.880 bits per heavy atom. The second-order valence-electron chi connectivity index (χ2n) is 6.95. The number of rotatable bonds is 2. The van der Waals surface area contributed by atoms with Crippen molar-refractivity contribution in [1.29, 1.82) is 0 Å². The van der Waals surface area contributed by atoms with Gasteiger partial charge < -0.3 is 29.9 Å². The van der Waals surface area contributed by atoms with Crippen LogP contribution in [0.2, 0.25) is 0 Å². The van der Waals surface area contributed by atoms with Gasteiger partial charge in [-0.15, -0.1) is 0 Å². The molecule has 1 nitrogen and oxygen atoms in total. The zero-order valence-electron chi connectivity index (χ0n) is 15.4. The summed E-state index contributed by atoms with van der Waals surface area (Å²) in [5.74, 6) is 0. The second kappa shape index (κ2) is 8.88. The van der Waals surface area contributed by atoms with Crippen LogP contribution in [0.25, 0.3) is 16.3 Å². The van der Waals surface area contributed by atoms with Gasteiger partial charge in [0.2, 0.25) is 0 Å². The Balaban J connectivity index is 0.00000192. The largest absolute Gasteiger partial charge is 2.00 e. The average Bonchev–Trinajstić information content (AvgIpc) is 2.72. The van der Waals surface area contributed by atoms with Crippen molar-refractivity contribution in [3.8, 4) is 0 Å². The number of halogens is 2. The summed E-state index contributed by atoms with van der Waals surface area (Å²) in [6.07, 6.45) is 0.985. The fourth-order valence-electron chi connectivity index (χ4n) is 3.56. The van der Waals surface area contributed by atoms with Crippen LogP contribution in [0.5, 0.6) is 0 Å². The first-order valence-electron chi connectivity index (χ1n) is 7.92. The van der Waals surface area contributed by atoms with Crippen molar-refractivity contribution in [1.82, 2.24) is 0 Å². The summed E-state index contributed by atoms with van der Waals surface area (Å²) >= 11 is 0.